The molecule has 8 nitrogen and oxygen atoms in total. The van der Waals surface area contributed by atoms with Gasteiger partial charge in [-0.1, -0.05) is 6.07 Å². The predicted octanol–water partition coefficient (Wildman–Crippen LogP) is 2.89. The predicted molar refractivity (Wildman–Crippen MR) is 114 cm³/mol. The maximum absolute atomic E-state index is 12.7. The summed E-state index contributed by atoms with van der Waals surface area (Å²) in [4.78, 5) is 12.4. The Balaban J connectivity index is 1.60. The van der Waals surface area contributed by atoms with Crippen LogP contribution in [0, 0.1) is 6.92 Å². The van der Waals surface area contributed by atoms with Gasteiger partial charge in [-0.3, -0.25) is 14.6 Å². The number of aromatic amines is 1. The van der Waals surface area contributed by atoms with Crippen molar-refractivity contribution in [3.05, 3.63) is 71.5 Å². The third-order valence-electron chi connectivity index (χ3n) is 4.59. The molecule has 158 valence electrons. The zero-order chi connectivity index (χ0) is 21.6. The minimum Gasteiger partial charge on any atom is -0.497 e. The van der Waals surface area contributed by atoms with Crippen LogP contribution in [-0.4, -0.2) is 38.2 Å². The van der Waals surface area contributed by atoms with Gasteiger partial charge in [0, 0.05) is 23.5 Å². The Morgan fingerprint density at radius 3 is 2.60 bits per heavy atom. The number of aryl methyl sites for hydroxylation is 2. The van der Waals surface area contributed by atoms with Gasteiger partial charge in [0.25, 0.3) is 15.9 Å². The van der Waals surface area contributed by atoms with E-state index < -0.39 is 10.0 Å². The fourth-order valence-corrected chi connectivity index (χ4v) is 3.99. The number of carbonyl (C=O) groups excluding carboxylic acids is 1. The summed E-state index contributed by atoms with van der Waals surface area (Å²) in [7, 11) is -2.29. The lowest BCUT2D eigenvalue weighted by atomic mass is 10.1. The lowest BCUT2D eigenvalue weighted by Crippen LogP contribution is -2.25. The molecule has 0 unspecified atom stereocenters. The summed E-state index contributed by atoms with van der Waals surface area (Å²) in [6.07, 6.45) is 3.33. The van der Waals surface area contributed by atoms with Gasteiger partial charge in [-0.05, 0) is 67.8 Å². The van der Waals surface area contributed by atoms with Gasteiger partial charge in [-0.2, -0.15) is 5.10 Å². The fraction of sp³-hybridized carbons (Fsp3) is 0.238. The first-order valence-corrected chi connectivity index (χ1v) is 10.9. The Morgan fingerprint density at radius 2 is 1.93 bits per heavy atom. The number of hydrogen-bond donors (Lipinski definition) is 3. The van der Waals surface area contributed by atoms with E-state index in [4.69, 9.17) is 4.74 Å². The summed E-state index contributed by atoms with van der Waals surface area (Å²) in [5, 5.41) is 9.68. The molecule has 0 aliphatic heterocycles. The highest BCUT2D eigenvalue weighted by Crippen LogP contribution is 2.20. The molecule has 0 aliphatic carbocycles. The van der Waals surface area contributed by atoms with Crippen molar-refractivity contribution < 1.29 is 17.9 Å². The number of amides is 1. The second-order valence-corrected chi connectivity index (χ2v) is 8.42. The second-order valence-electron chi connectivity index (χ2n) is 6.74. The first-order chi connectivity index (χ1) is 14.4. The molecule has 2 aromatic carbocycles. The summed E-state index contributed by atoms with van der Waals surface area (Å²) in [6.45, 7) is 2.43. The zero-order valence-corrected chi connectivity index (χ0v) is 17.6. The second kappa shape index (κ2) is 9.45. The molecule has 0 bridgehead atoms. The Morgan fingerprint density at radius 1 is 1.17 bits per heavy atom. The Bertz CT molecular complexity index is 1110. The van der Waals surface area contributed by atoms with Crippen molar-refractivity contribution in [2.24, 2.45) is 0 Å². The molecule has 3 N–H and O–H groups in total. The van der Waals surface area contributed by atoms with Crippen LogP contribution in [0.15, 0.2) is 59.6 Å². The Hall–Kier alpha value is -3.33. The van der Waals surface area contributed by atoms with Crippen molar-refractivity contribution >= 4 is 21.6 Å². The van der Waals surface area contributed by atoms with Gasteiger partial charge in [0.1, 0.15) is 5.75 Å². The van der Waals surface area contributed by atoms with Crippen molar-refractivity contribution in [2.45, 2.75) is 24.7 Å². The monoisotopic (exact) mass is 428 g/mol. The molecule has 1 aromatic heterocycles. The van der Waals surface area contributed by atoms with E-state index in [1.54, 1.807) is 42.6 Å². The zero-order valence-electron chi connectivity index (χ0n) is 16.8. The number of H-pyrrole nitrogens is 1. The molecule has 0 radical (unpaired) electrons. The first kappa shape index (κ1) is 21.4. The number of methoxy groups -OCH3 is 1. The highest BCUT2D eigenvalue weighted by Gasteiger charge is 2.16. The maximum Gasteiger partial charge on any atom is 0.261 e. The lowest BCUT2D eigenvalue weighted by Gasteiger charge is -2.10. The first-order valence-electron chi connectivity index (χ1n) is 9.43. The highest BCUT2D eigenvalue weighted by molar-refractivity contribution is 7.92. The smallest absolute Gasteiger partial charge is 0.261 e. The molecule has 1 heterocycles. The molecule has 9 heteroatoms. The molecule has 0 fully saturated rings. The minimum absolute atomic E-state index is 0.0139. The molecule has 0 spiro atoms. The standard InChI is InChI=1S/C21H24N4O4S/c1-15-17(14-23-24-15)6-4-12-22-21(26)16-5-3-7-20(13-16)30(27,28)25-18-8-10-19(29-2)11-9-18/h3,5,7-11,13-14,25H,4,6,12H2,1-2H3,(H,22,26)(H,23,24). The van der Waals surface area contributed by atoms with E-state index in [2.05, 4.69) is 20.2 Å². The highest BCUT2D eigenvalue weighted by atomic mass is 32.2. The van der Waals surface area contributed by atoms with Crippen LogP contribution in [0.2, 0.25) is 0 Å². The number of hydrogen-bond acceptors (Lipinski definition) is 5. The molecule has 30 heavy (non-hydrogen) atoms. The van der Waals surface area contributed by atoms with Gasteiger partial charge in [0.2, 0.25) is 0 Å². The van der Waals surface area contributed by atoms with E-state index in [0.29, 0.717) is 18.0 Å². The molecule has 3 aromatic rings. The molecular formula is C21H24N4O4S. The molecule has 0 saturated carbocycles. The molecule has 0 aliphatic rings. The number of nitrogens with one attached hydrogen (secondary N) is 3. The van der Waals surface area contributed by atoms with Gasteiger partial charge in [0.05, 0.1) is 18.2 Å². The van der Waals surface area contributed by atoms with Gasteiger partial charge in [0.15, 0.2) is 0 Å². The van der Waals surface area contributed by atoms with Crippen molar-refractivity contribution in [3.63, 3.8) is 0 Å². The van der Waals surface area contributed by atoms with Gasteiger partial charge in [-0.15, -0.1) is 0 Å². The summed E-state index contributed by atoms with van der Waals surface area (Å²) in [6, 6.07) is 12.5. The molecule has 1 amide bonds. The number of rotatable bonds is 9. The normalized spacial score (nSPS) is 11.1. The third kappa shape index (κ3) is 5.38. The van der Waals surface area contributed by atoms with Crippen molar-refractivity contribution in [2.75, 3.05) is 18.4 Å². The van der Waals surface area contributed by atoms with Gasteiger partial charge >= 0.3 is 0 Å². The summed E-state index contributed by atoms with van der Waals surface area (Å²) in [5.74, 6) is 0.306. The van der Waals surface area contributed by atoms with Crippen LogP contribution in [0.25, 0.3) is 0 Å². The van der Waals surface area contributed by atoms with Crippen LogP contribution in [-0.2, 0) is 16.4 Å². The average Bonchev–Trinajstić information content (AvgIpc) is 3.16. The van der Waals surface area contributed by atoms with E-state index >= 15 is 0 Å². The number of sulfonamides is 1. The number of ether oxygens (including phenoxy) is 1. The summed E-state index contributed by atoms with van der Waals surface area (Å²) >= 11 is 0. The largest absolute Gasteiger partial charge is 0.497 e. The number of aromatic nitrogens is 2. The van der Waals surface area contributed by atoms with Crippen LogP contribution in [0.3, 0.4) is 0 Å². The molecule has 0 atom stereocenters. The topological polar surface area (TPSA) is 113 Å². The maximum atomic E-state index is 12.7. The van der Waals surface area contributed by atoms with Crippen LogP contribution in [0.5, 0.6) is 5.75 Å². The average molecular weight is 429 g/mol. The van der Waals surface area contributed by atoms with Crippen molar-refractivity contribution in [1.29, 1.82) is 0 Å². The minimum atomic E-state index is -3.83. The number of nitrogens with zero attached hydrogens (tertiary/aromatic N) is 1. The van der Waals surface area contributed by atoms with Gasteiger partial charge in [-0.25, -0.2) is 8.42 Å². The third-order valence-corrected chi connectivity index (χ3v) is 5.97. The summed E-state index contributed by atoms with van der Waals surface area (Å²) < 4.78 is 32.9. The van der Waals surface area contributed by atoms with Crippen LogP contribution >= 0.6 is 0 Å². The summed E-state index contributed by atoms with van der Waals surface area (Å²) in [5.41, 5.74) is 2.82. The SMILES string of the molecule is COc1ccc(NS(=O)(=O)c2cccc(C(=O)NCCCc3cn[nH]c3C)c2)cc1. The van der Waals surface area contributed by atoms with Crippen molar-refractivity contribution in [1.82, 2.24) is 15.5 Å². The molecule has 3 rings (SSSR count). The van der Waals surface area contributed by atoms with Gasteiger partial charge < -0.3 is 10.1 Å². The quantitative estimate of drug-likeness (QED) is 0.454. The number of benzene rings is 2. The molecule has 0 saturated heterocycles. The van der Waals surface area contributed by atoms with E-state index in [1.165, 1.54) is 19.2 Å². The van der Waals surface area contributed by atoms with Crippen LogP contribution < -0.4 is 14.8 Å². The van der Waals surface area contributed by atoms with Crippen LogP contribution in [0.1, 0.15) is 28.0 Å². The van der Waals surface area contributed by atoms with Crippen molar-refractivity contribution in [3.8, 4) is 5.75 Å². The van der Waals surface area contributed by atoms with E-state index in [0.717, 1.165) is 24.1 Å². The van der Waals surface area contributed by atoms with E-state index in [-0.39, 0.29) is 16.4 Å². The number of anilines is 1. The van der Waals surface area contributed by atoms with E-state index in [9.17, 15) is 13.2 Å². The van der Waals surface area contributed by atoms with E-state index in [1.807, 2.05) is 6.92 Å². The number of carbonyl (C=O) groups is 1. The Kier molecular flexibility index (Phi) is 6.73. The fourth-order valence-electron chi connectivity index (χ4n) is 2.89. The van der Waals surface area contributed by atoms with Crippen LogP contribution in [0.4, 0.5) is 5.69 Å². The molecular weight excluding hydrogens is 404 g/mol. The lowest BCUT2D eigenvalue weighted by molar-refractivity contribution is 0.0953. The Labute approximate surface area is 175 Å².